The van der Waals surface area contributed by atoms with Crippen molar-refractivity contribution in [1.29, 1.82) is 10.5 Å². The number of nitriles is 2. The van der Waals surface area contributed by atoms with Crippen LogP contribution in [0.4, 0.5) is 0 Å². The summed E-state index contributed by atoms with van der Waals surface area (Å²) in [6.07, 6.45) is 9.48. The number of aromatic nitrogens is 2. The highest BCUT2D eigenvalue weighted by atomic mass is 15.1. The molecule has 0 aliphatic carbocycles. The van der Waals surface area contributed by atoms with Crippen LogP contribution in [0.5, 0.6) is 0 Å². The van der Waals surface area contributed by atoms with Crippen molar-refractivity contribution in [2.45, 2.75) is 19.9 Å². The lowest BCUT2D eigenvalue weighted by Crippen LogP contribution is -2.29. The molecule has 0 saturated carbocycles. The Kier molecular flexibility index (Phi) is 13.2. The molecule has 1 aromatic rings. The molecule has 1 heterocycles. The Bertz CT molecular complexity index is 411. The van der Waals surface area contributed by atoms with Crippen LogP contribution in [0.1, 0.15) is 13.3 Å². The lowest BCUT2D eigenvalue weighted by atomic mass is 10.5. The second-order valence-electron chi connectivity index (χ2n) is 2.72. The number of imidazole rings is 1. The van der Waals surface area contributed by atoms with E-state index in [2.05, 4.69) is 34.8 Å². The molecule has 4 N–H and O–H groups in total. The lowest BCUT2D eigenvalue weighted by Gasteiger charge is -1.82. The lowest BCUT2D eigenvalue weighted by molar-refractivity contribution is -0.684. The third-order valence-electron chi connectivity index (χ3n) is 1.39. The van der Waals surface area contributed by atoms with Gasteiger partial charge in [0, 0.05) is 6.42 Å². The molecule has 0 atom stereocenters. The van der Waals surface area contributed by atoms with Gasteiger partial charge in [0.2, 0.25) is 6.33 Å². The van der Waals surface area contributed by atoms with E-state index in [1.165, 1.54) is 12.4 Å². The first-order valence-electron chi connectivity index (χ1n) is 4.82. The summed E-state index contributed by atoms with van der Waals surface area (Å²) in [6, 6.07) is 0. The van der Waals surface area contributed by atoms with Crippen LogP contribution in [0.2, 0.25) is 0 Å². The van der Waals surface area contributed by atoms with E-state index in [0.29, 0.717) is 0 Å². The highest BCUT2D eigenvalue weighted by Crippen LogP contribution is 1.76. The Hall–Kier alpha value is -2.65. The normalized spacial score (nSPS) is 6.59. The van der Waals surface area contributed by atoms with Gasteiger partial charge in [0.05, 0.1) is 7.05 Å². The van der Waals surface area contributed by atoms with Gasteiger partial charge in [-0.3, -0.25) is 0 Å². The summed E-state index contributed by atoms with van der Waals surface area (Å²) in [5, 5.41) is 14.2. The summed E-state index contributed by atoms with van der Waals surface area (Å²) in [5.74, 6) is 6.09. The minimum atomic E-state index is 0.800. The average molecular weight is 233 g/mol. The van der Waals surface area contributed by atoms with Crippen LogP contribution in [0.15, 0.2) is 18.7 Å². The Morgan fingerprint density at radius 2 is 1.76 bits per heavy atom. The zero-order chi connectivity index (χ0) is 13.5. The third-order valence-corrected chi connectivity index (χ3v) is 1.39. The molecule has 0 amide bonds. The van der Waals surface area contributed by atoms with Crippen molar-refractivity contribution < 1.29 is 4.57 Å². The summed E-state index contributed by atoms with van der Waals surface area (Å²) in [7, 11) is 2.00. The molecule has 0 aliphatic heterocycles. The fourth-order valence-corrected chi connectivity index (χ4v) is 0.867. The minimum Gasteiger partial charge on any atom is -0.337 e. The van der Waals surface area contributed by atoms with Crippen molar-refractivity contribution in [1.82, 2.24) is 4.57 Å². The first-order valence-corrected chi connectivity index (χ1v) is 4.82. The monoisotopic (exact) mass is 233 g/mol. The number of nitrogens with two attached hydrogens (primary N) is 2. The quantitative estimate of drug-likeness (QED) is 0.297. The maximum atomic E-state index is 7.10. The molecule has 90 valence electrons. The van der Waals surface area contributed by atoms with Gasteiger partial charge in [-0.05, 0) is 0 Å². The standard InChI is InChI=1S/C9H13N2.2CH2N2/c1-3-4-5-6-11-8-7-10(2)9-11;2*2-1-3/h7-9H,3,6H2,1-2H3;2*2H2/q+1;;. The van der Waals surface area contributed by atoms with E-state index in [0.717, 1.165) is 13.0 Å². The third kappa shape index (κ3) is 13.3. The fraction of sp³-hybridized carbons (Fsp3) is 0.364. The van der Waals surface area contributed by atoms with Crippen molar-refractivity contribution in [3.8, 4) is 24.2 Å². The van der Waals surface area contributed by atoms with Gasteiger partial charge in [-0.15, -0.1) is 0 Å². The van der Waals surface area contributed by atoms with Crippen LogP contribution in [-0.2, 0) is 13.6 Å². The molecule has 0 aliphatic rings. The maximum Gasteiger partial charge on any atom is 0.244 e. The predicted octanol–water partition coefficient (Wildman–Crippen LogP) is -0.422. The molecular weight excluding hydrogens is 216 g/mol. The van der Waals surface area contributed by atoms with E-state index >= 15 is 0 Å². The topological polar surface area (TPSA) is 108 Å². The Balaban J connectivity index is 0. The Morgan fingerprint density at radius 1 is 1.24 bits per heavy atom. The molecular formula is C11H17N6+. The second-order valence-corrected chi connectivity index (χ2v) is 2.72. The van der Waals surface area contributed by atoms with Gasteiger partial charge in [-0.25, -0.2) is 9.13 Å². The van der Waals surface area contributed by atoms with E-state index in [4.69, 9.17) is 10.5 Å². The van der Waals surface area contributed by atoms with Gasteiger partial charge in [0.1, 0.15) is 12.4 Å². The van der Waals surface area contributed by atoms with Crippen LogP contribution in [0.25, 0.3) is 0 Å². The highest BCUT2D eigenvalue weighted by molar-refractivity contribution is 4.94. The Morgan fingerprint density at radius 3 is 2.12 bits per heavy atom. The van der Waals surface area contributed by atoms with Crippen LogP contribution in [0.3, 0.4) is 0 Å². The first kappa shape index (κ1) is 16.8. The van der Waals surface area contributed by atoms with Crippen LogP contribution >= 0.6 is 0 Å². The van der Waals surface area contributed by atoms with Gasteiger partial charge in [-0.2, -0.15) is 10.5 Å². The summed E-state index contributed by atoms with van der Waals surface area (Å²) in [6.45, 7) is 2.86. The largest absolute Gasteiger partial charge is 0.337 e. The van der Waals surface area contributed by atoms with E-state index in [-0.39, 0.29) is 0 Å². The molecule has 0 aromatic carbocycles. The zero-order valence-corrected chi connectivity index (χ0v) is 10.1. The maximum absolute atomic E-state index is 7.10. The molecule has 0 spiro atoms. The highest BCUT2D eigenvalue weighted by Gasteiger charge is 1.94. The smallest absolute Gasteiger partial charge is 0.244 e. The number of aryl methyl sites for hydroxylation is 1. The summed E-state index contributed by atoms with van der Waals surface area (Å²) >= 11 is 0. The van der Waals surface area contributed by atoms with Crippen molar-refractivity contribution in [3.05, 3.63) is 18.7 Å². The molecule has 0 saturated heterocycles. The van der Waals surface area contributed by atoms with Crippen molar-refractivity contribution in [2.75, 3.05) is 0 Å². The second kappa shape index (κ2) is 13.4. The molecule has 0 radical (unpaired) electrons. The number of nitrogens with zero attached hydrogens (tertiary/aromatic N) is 4. The minimum absolute atomic E-state index is 0.800. The van der Waals surface area contributed by atoms with Gasteiger partial charge in [-0.1, -0.05) is 18.8 Å². The summed E-state index contributed by atoms with van der Waals surface area (Å²) < 4.78 is 4.07. The van der Waals surface area contributed by atoms with E-state index < -0.39 is 0 Å². The molecule has 6 nitrogen and oxygen atoms in total. The molecule has 0 bridgehead atoms. The van der Waals surface area contributed by atoms with Crippen LogP contribution in [-0.4, -0.2) is 4.57 Å². The number of rotatable bonds is 1. The molecule has 1 aromatic heterocycles. The van der Waals surface area contributed by atoms with Crippen LogP contribution < -0.4 is 16.0 Å². The summed E-state index contributed by atoms with van der Waals surface area (Å²) in [4.78, 5) is 0. The van der Waals surface area contributed by atoms with Crippen molar-refractivity contribution >= 4 is 0 Å². The van der Waals surface area contributed by atoms with E-state index in [1.54, 1.807) is 0 Å². The number of hydrogen-bond acceptors (Lipinski definition) is 4. The van der Waals surface area contributed by atoms with Crippen molar-refractivity contribution in [2.24, 2.45) is 18.5 Å². The van der Waals surface area contributed by atoms with E-state index in [9.17, 15) is 0 Å². The summed E-state index contributed by atoms with van der Waals surface area (Å²) in [5.41, 5.74) is 8.31. The van der Waals surface area contributed by atoms with Gasteiger partial charge < -0.3 is 11.5 Å². The molecule has 0 unspecified atom stereocenters. The van der Waals surface area contributed by atoms with E-state index in [1.807, 2.05) is 30.3 Å². The van der Waals surface area contributed by atoms with Gasteiger partial charge in [0.15, 0.2) is 18.9 Å². The first-order chi connectivity index (χ1) is 8.15. The molecule has 6 heteroatoms. The van der Waals surface area contributed by atoms with Gasteiger partial charge in [0.25, 0.3) is 0 Å². The fourth-order valence-electron chi connectivity index (χ4n) is 0.867. The Labute approximate surface area is 102 Å². The van der Waals surface area contributed by atoms with Crippen LogP contribution in [0, 0.1) is 34.8 Å². The molecule has 0 fully saturated rings. The molecule has 17 heavy (non-hydrogen) atoms. The average Bonchev–Trinajstić information content (AvgIpc) is 2.67. The molecule has 1 rings (SSSR count). The zero-order valence-electron chi connectivity index (χ0n) is 10.1. The van der Waals surface area contributed by atoms with Gasteiger partial charge >= 0.3 is 0 Å². The van der Waals surface area contributed by atoms with Crippen molar-refractivity contribution in [3.63, 3.8) is 0 Å². The predicted molar refractivity (Wildman–Crippen MR) is 63.3 cm³/mol. The SMILES string of the molecule is CCC#CC[n+]1ccn(C)c1.N#CN.N#CN. The number of hydrogen-bond donors (Lipinski definition) is 2.